The van der Waals surface area contributed by atoms with Crippen molar-refractivity contribution >= 4 is 5.91 Å². The van der Waals surface area contributed by atoms with Gasteiger partial charge in [0.25, 0.3) is 0 Å². The largest absolute Gasteiger partial charge is 0.393 e. The van der Waals surface area contributed by atoms with Gasteiger partial charge in [-0.2, -0.15) is 13.2 Å². The summed E-state index contributed by atoms with van der Waals surface area (Å²) >= 11 is 0. The highest BCUT2D eigenvalue weighted by molar-refractivity contribution is 5.82. The predicted molar refractivity (Wildman–Crippen MR) is 73.9 cm³/mol. The quantitative estimate of drug-likeness (QED) is 0.818. The Labute approximate surface area is 124 Å². The molecule has 3 atom stereocenters. The summed E-state index contributed by atoms with van der Waals surface area (Å²) in [6, 6.07) is -0.468. The minimum absolute atomic E-state index is 0.00549. The minimum Gasteiger partial charge on any atom is -0.383 e. The van der Waals surface area contributed by atoms with Crippen molar-refractivity contribution in [2.75, 3.05) is 26.8 Å². The van der Waals surface area contributed by atoms with Crippen LogP contribution in [-0.4, -0.2) is 55.9 Å². The summed E-state index contributed by atoms with van der Waals surface area (Å²) in [6.45, 7) is 4.62. The molecule has 7 heteroatoms. The van der Waals surface area contributed by atoms with E-state index in [4.69, 9.17) is 4.74 Å². The van der Waals surface area contributed by atoms with Crippen molar-refractivity contribution in [2.45, 2.75) is 51.4 Å². The van der Waals surface area contributed by atoms with E-state index in [0.717, 1.165) is 6.42 Å². The number of alkyl halides is 3. The maximum Gasteiger partial charge on any atom is 0.393 e. The number of hydrogen-bond acceptors (Lipinski definition) is 3. The molecule has 4 nitrogen and oxygen atoms in total. The molecule has 1 saturated heterocycles. The van der Waals surface area contributed by atoms with Crippen LogP contribution in [0.5, 0.6) is 0 Å². The molecule has 124 valence electrons. The Hall–Kier alpha value is -0.820. The number of rotatable bonds is 6. The fourth-order valence-corrected chi connectivity index (χ4v) is 2.50. The summed E-state index contributed by atoms with van der Waals surface area (Å²) in [6.07, 6.45) is -3.16. The summed E-state index contributed by atoms with van der Waals surface area (Å²) in [4.78, 5) is 14.2. The molecule has 21 heavy (non-hydrogen) atoms. The Balaban J connectivity index is 2.60. The van der Waals surface area contributed by atoms with Gasteiger partial charge in [-0.1, -0.05) is 6.92 Å². The molecule has 1 aliphatic heterocycles. The number of amides is 1. The zero-order valence-electron chi connectivity index (χ0n) is 12.9. The van der Waals surface area contributed by atoms with Gasteiger partial charge in [0, 0.05) is 26.2 Å². The third-order valence-corrected chi connectivity index (χ3v) is 4.12. The van der Waals surface area contributed by atoms with Crippen LogP contribution >= 0.6 is 0 Å². The number of hydrogen-bond donors (Lipinski definition) is 1. The van der Waals surface area contributed by atoms with E-state index in [2.05, 4.69) is 5.32 Å². The van der Waals surface area contributed by atoms with Gasteiger partial charge in [-0.15, -0.1) is 0 Å². The van der Waals surface area contributed by atoms with Crippen LogP contribution in [0.15, 0.2) is 0 Å². The number of nitrogens with one attached hydrogen (secondary N) is 1. The van der Waals surface area contributed by atoms with Gasteiger partial charge < -0.3 is 15.0 Å². The molecule has 0 spiro atoms. The van der Waals surface area contributed by atoms with Crippen LogP contribution in [0.1, 0.15) is 33.1 Å². The molecule has 0 saturated carbocycles. The predicted octanol–water partition coefficient (Wildman–Crippen LogP) is 2.19. The zero-order valence-corrected chi connectivity index (χ0v) is 12.9. The zero-order chi connectivity index (χ0) is 16.0. The molecule has 1 aliphatic rings. The van der Waals surface area contributed by atoms with Gasteiger partial charge in [0.15, 0.2) is 0 Å². The number of methoxy groups -OCH3 is 1. The van der Waals surface area contributed by atoms with Crippen molar-refractivity contribution in [1.29, 1.82) is 0 Å². The first kappa shape index (κ1) is 18.2. The van der Waals surface area contributed by atoms with Crippen LogP contribution in [0.4, 0.5) is 13.2 Å². The molecule has 1 N–H and O–H groups in total. The fraction of sp³-hybridized carbons (Fsp3) is 0.929. The first-order valence-corrected chi connectivity index (χ1v) is 7.40. The van der Waals surface area contributed by atoms with Gasteiger partial charge in [0.2, 0.25) is 5.91 Å². The molecule has 0 aliphatic carbocycles. The highest BCUT2D eigenvalue weighted by Crippen LogP contribution is 2.32. The maximum absolute atomic E-state index is 12.6. The fourth-order valence-electron chi connectivity index (χ4n) is 2.50. The molecule has 0 aromatic rings. The van der Waals surface area contributed by atoms with Crippen LogP contribution in [0.25, 0.3) is 0 Å². The summed E-state index contributed by atoms with van der Waals surface area (Å²) < 4.78 is 42.9. The van der Waals surface area contributed by atoms with E-state index in [1.54, 1.807) is 12.0 Å². The number of ether oxygens (including phenoxy) is 1. The molecule has 0 aromatic carbocycles. The van der Waals surface area contributed by atoms with Gasteiger partial charge in [0.05, 0.1) is 18.6 Å². The third-order valence-electron chi connectivity index (χ3n) is 4.12. The first-order chi connectivity index (χ1) is 9.81. The highest BCUT2D eigenvalue weighted by Gasteiger charge is 2.43. The number of carbonyl (C=O) groups is 1. The van der Waals surface area contributed by atoms with Crippen LogP contribution < -0.4 is 5.32 Å². The smallest absolute Gasteiger partial charge is 0.383 e. The van der Waals surface area contributed by atoms with Gasteiger partial charge in [0.1, 0.15) is 0 Å². The van der Waals surface area contributed by atoms with Crippen LogP contribution in [-0.2, 0) is 9.53 Å². The van der Waals surface area contributed by atoms with E-state index >= 15 is 0 Å². The molecule has 3 unspecified atom stereocenters. The van der Waals surface area contributed by atoms with Crippen molar-refractivity contribution in [1.82, 2.24) is 10.2 Å². The van der Waals surface area contributed by atoms with Crippen molar-refractivity contribution in [2.24, 2.45) is 5.92 Å². The first-order valence-electron chi connectivity index (χ1n) is 7.40. The average molecular weight is 310 g/mol. The highest BCUT2D eigenvalue weighted by atomic mass is 19.4. The standard InChI is InChI=1S/C14H25F3N2O2/c1-4-10(2)19(7-8-21-3)13(20)12-6-5-11(9-18-12)14(15,16)17/h10-12,18H,4-9H2,1-3H3. The molecule has 1 fully saturated rings. The topological polar surface area (TPSA) is 41.6 Å². The third kappa shape index (κ3) is 5.14. The molecule has 0 bridgehead atoms. The maximum atomic E-state index is 12.6. The minimum atomic E-state index is -4.19. The van der Waals surface area contributed by atoms with Crippen LogP contribution in [0.3, 0.4) is 0 Å². The number of piperidine rings is 1. The second-order valence-corrected chi connectivity index (χ2v) is 5.56. The Morgan fingerprint density at radius 1 is 1.43 bits per heavy atom. The number of carbonyl (C=O) groups excluding carboxylic acids is 1. The van der Waals surface area contributed by atoms with Crippen molar-refractivity contribution in [3.8, 4) is 0 Å². The van der Waals surface area contributed by atoms with Crippen molar-refractivity contribution < 1.29 is 22.7 Å². The molecule has 1 rings (SSSR count). The van der Waals surface area contributed by atoms with Gasteiger partial charge in [-0.25, -0.2) is 0 Å². The monoisotopic (exact) mass is 310 g/mol. The molecule has 1 amide bonds. The van der Waals surface area contributed by atoms with Gasteiger partial charge >= 0.3 is 6.18 Å². The van der Waals surface area contributed by atoms with E-state index in [1.807, 2.05) is 13.8 Å². The normalized spacial score (nSPS) is 24.7. The Bertz CT molecular complexity index is 329. The molecular formula is C14H25F3N2O2. The molecule has 1 heterocycles. The van der Waals surface area contributed by atoms with Crippen molar-refractivity contribution in [3.05, 3.63) is 0 Å². The van der Waals surface area contributed by atoms with E-state index < -0.39 is 18.1 Å². The van der Waals surface area contributed by atoms with Gasteiger partial charge in [-0.3, -0.25) is 4.79 Å². The van der Waals surface area contributed by atoms with E-state index in [-0.39, 0.29) is 31.3 Å². The second-order valence-electron chi connectivity index (χ2n) is 5.56. The summed E-state index contributed by atoms with van der Waals surface area (Å²) in [5.74, 6) is -1.47. The average Bonchev–Trinajstić information content (AvgIpc) is 2.46. The lowest BCUT2D eigenvalue weighted by Crippen LogP contribution is -2.54. The number of nitrogens with zero attached hydrogens (tertiary/aromatic N) is 1. The van der Waals surface area contributed by atoms with Crippen molar-refractivity contribution in [3.63, 3.8) is 0 Å². The Morgan fingerprint density at radius 2 is 2.10 bits per heavy atom. The van der Waals surface area contributed by atoms with Crippen LogP contribution in [0, 0.1) is 5.92 Å². The van der Waals surface area contributed by atoms with E-state index in [0.29, 0.717) is 13.2 Å². The molecule has 0 radical (unpaired) electrons. The lowest BCUT2D eigenvalue weighted by Gasteiger charge is -2.36. The van der Waals surface area contributed by atoms with E-state index in [9.17, 15) is 18.0 Å². The Morgan fingerprint density at radius 3 is 2.52 bits per heavy atom. The van der Waals surface area contributed by atoms with Gasteiger partial charge in [-0.05, 0) is 26.2 Å². The summed E-state index contributed by atoms with van der Waals surface area (Å²) in [5, 5.41) is 2.76. The molecule has 0 aromatic heterocycles. The van der Waals surface area contributed by atoms with Crippen LogP contribution in [0.2, 0.25) is 0 Å². The second kappa shape index (κ2) is 7.98. The summed E-state index contributed by atoms with van der Waals surface area (Å²) in [5.41, 5.74) is 0. The molecular weight excluding hydrogens is 285 g/mol. The lowest BCUT2D eigenvalue weighted by molar-refractivity contribution is -0.181. The lowest BCUT2D eigenvalue weighted by atomic mass is 9.93. The number of halogens is 3. The SMILES string of the molecule is CCC(C)N(CCOC)C(=O)C1CCC(C(F)(F)F)CN1. The Kier molecular flexibility index (Phi) is 6.93. The summed E-state index contributed by atoms with van der Waals surface area (Å²) in [7, 11) is 1.56. The van der Waals surface area contributed by atoms with E-state index in [1.165, 1.54) is 0 Å².